The van der Waals surface area contributed by atoms with Crippen LogP contribution in [0.25, 0.3) is 0 Å². The molecular weight excluding hydrogens is 120 g/mol. The Morgan fingerprint density at radius 3 is 1.40 bits per heavy atom. The average Bonchev–Trinajstić information content (AvgIpc) is 0.811. The van der Waals surface area contributed by atoms with Crippen LogP contribution in [0.2, 0.25) is 0 Å². The van der Waals surface area contributed by atoms with E-state index in [-0.39, 0.29) is 18.1 Å². The summed E-state index contributed by atoms with van der Waals surface area (Å²) < 4.78 is 0.222. The second-order valence-corrected chi connectivity index (χ2v) is 2.59. The lowest BCUT2D eigenvalue weighted by Crippen LogP contribution is -1.64. The molecular formula is C2H8S3. The lowest BCUT2D eigenvalue weighted by atomic mass is 11.0. The van der Waals surface area contributed by atoms with Crippen molar-refractivity contribution in [1.29, 1.82) is 0 Å². The van der Waals surface area contributed by atoms with E-state index in [0.29, 0.717) is 0 Å². The molecule has 0 saturated carbocycles. The van der Waals surface area contributed by atoms with Crippen LogP contribution < -0.4 is 0 Å². The Morgan fingerprint density at radius 1 is 1.40 bits per heavy atom. The van der Waals surface area contributed by atoms with Gasteiger partial charge in [0.2, 0.25) is 0 Å². The van der Waals surface area contributed by atoms with Crippen LogP contribution in [0.1, 0.15) is 6.92 Å². The maximum Gasteiger partial charge on any atom is 0.0414 e. The summed E-state index contributed by atoms with van der Waals surface area (Å²) >= 11 is 7.66. The third kappa shape index (κ3) is 42.6. The highest BCUT2D eigenvalue weighted by Gasteiger charge is 1.69. The molecule has 0 aromatic carbocycles. The molecule has 0 radical (unpaired) electrons. The van der Waals surface area contributed by atoms with Gasteiger partial charge in [-0.05, 0) is 6.92 Å². The Labute approximate surface area is 50.6 Å². The minimum atomic E-state index is 0. The molecule has 0 fully saturated rings. The second kappa shape index (κ2) is 5.05. The first-order valence-electron chi connectivity index (χ1n) is 1.09. The van der Waals surface area contributed by atoms with Gasteiger partial charge in [0.05, 0.1) is 0 Å². The van der Waals surface area contributed by atoms with Crippen molar-refractivity contribution in [3.05, 3.63) is 0 Å². The van der Waals surface area contributed by atoms with Crippen LogP contribution in [-0.4, -0.2) is 4.58 Å². The minimum absolute atomic E-state index is 0. The molecule has 0 aliphatic carbocycles. The number of thiol groups is 2. The Balaban J connectivity index is 0. The van der Waals surface area contributed by atoms with Crippen LogP contribution >= 0.6 is 38.8 Å². The van der Waals surface area contributed by atoms with Crippen molar-refractivity contribution in [3.8, 4) is 0 Å². The van der Waals surface area contributed by atoms with Crippen molar-refractivity contribution in [2.75, 3.05) is 0 Å². The fourth-order valence-corrected chi connectivity index (χ4v) is 0. The Bertz CT molecular complexity index is 9.61. The first-order chi connectivity index (χ1) is 1.73. The molecule has 0 unspecified atom stereocenters. The van der Waals surface area contributed by atoms with E-state index < -0.39 is 0 Å². The van der Waals surface area contributed by atoms with Crippen molar-refractivity contribution in [2.24, 2.45) is 0 Å². The number of hydrogen-bond donors (Lipinski definition) is 2. The molecule has 0 nitrogen and oxygen atoms in total. The summed E-state index contributed by atoms with van der Waals surface area (Å²) in [5.74, 6) is 0. The van der Waals surface area contributed by atoms with Crippen molar-refractivity contribution in [1.82, 2.24) is 0 Å². The van der Waals surface area contributed by atoms with Gasteiger partial charge in [0.25, 0.3) is 0 Å². The van der Waals surface area contributed by atoms with Gasteiger partial charge in [-0.25, -0.2) is 0 Å². The Hall–Kier alpha value is 1.05. The lowest BCUT2D eigenvalue weighted by molar-refractivity contribution is 1.45. The van der Waals surface area contributed by atoms with Gasteiger partial charge < -0.3 is 0 Å². The van der Waals surface area contributed by atoms with Gasteiger partial charge in [0, 0.05) is 4.58 Å². The van der Waals surface area contributed by atoms with E-state index in [9.17, 15) is 0 Å². The maximum absolute atomic E-state index is 3.83. The molecule has 0 aromatic rings. The molecule has 0 spiro atoms. The van der Waals surface area contributed by atoms with E-state index in [1.807, 2.05) is 6.92 Å². The van der Waals surface area contributed by atoms with Gasteiger partial charge in [-0.1, -0.05) is 0 Å². The van der Waals surface area contributed by atoms with Gasteiger partial charge in [-0.15, -0.1) is 0 Å². The minimum Gasteiger partial charge on any atom is -0.197 e. The monoisotopic (exact) mass is 128 g/mol. The molecule has 0 rings (SSSR count). The SMILES string of the molecule is CC(S)S.S. The quantitative estimate of drug-likeness (QED) is 0.357. The van der Waals surface area contributed by atoms with Crippen molar-refractivity contribution in [2.45, 2.75) is 11.5 Å². The van der Waals surface area contributed by atoms with Crippen LogP contribution in [0.3, 0.4) is 0 Å². The number of rotatable bonds is 0. The molecule has 0 amide bonds. The molecule has 0 aliphatic heterocycles. The normalized spacial score (nSPS) is 7.20. The van der Waals surface area contributed by atoms with Gasteiger partial charge in [0.1, 0.15) is 0 Å². The molecule has 0 saturated heterocycles. The van der Waals surface area contributed by atoms with E-state index in [2.05, 4.69) is 25.3 Å². The molecule has 0 aliphatic rings. The molecule has 0 aromatic heterocycles. The molecule has 34 valence electrons. The molecule has 0 bridgehead atoms. The van der Waals surface area contributed by atoms with Crippen LogP contribution in [-0.2, 0) is 0 Å². The van der Waals surface area contributed by atoms with Crippen LogP contribution in [0.4, 0.5) is 0 Å². The summed E-state index contributed by atoms with van der Waals surface area (Å²) in [5.41, 5.74) is 0. The third-order valence-electron chi connectivity index (χ3n) is 0. The highest BCUT2D eigenvalue weighted by molar-refractivity contribution is 7.99. The fraction of sp³-hybridized carbons (Fsp3) is 1.00. The largest absolute Gasteiger partial charge is 0.197 e. The van der Waals surface area contributed by atoms with E-state index in [1.54, 1.807) is 0 Å². The zero-order valence-corrected chi connectivity index (χ0v) is 5.76. The maximum atomic E-state index is 3.83. The summed E-state index contributed by atoms with van der Waals surface area (Å²) in [5, 5.41) is 0. The predicted molar refractivity (Wildman–Crippen MR) is 37.8 cm³/mol. The lowest BCUT2D eigenvalue weighted by Gasteiger charge is -1.78. The van der Waals surface area contributed by atoms with E-state index in [1.165, 1.54) is 0 Å². The highest BCUT2D eigenvalue weighted by atomic mass is 32.2. The molecule has 0 heterocycles. The smallest absolute Gasteiger partial charge is 0.0414 e. The Morgan fingerprint density at radius 2 is 1.40 bits per heavy atom. The highest BCUT2D eigenvalue weighted by Crippen LogP contribution is 1.93. The summed E-state index contributed by atoms with van der Waals surface area (Å²) in [7, 11) is 0. The van der Waals surface area contributed by atoms with Gasteiger partial charge in [-0.3, -0.25) is 0 Å². The van der Waals surface area contributed by atoms with E-state index >= 15 is 0 Å². The van der Waals surface area contributed by atoms with Crippen LogP contribution in [0, 0.1) is 0 Å². The summed E-state index contributed by atoms with van der Waals surface area (Å²) in [6.07, 6.45) is 0. The van der Waals surface area contributed by atoms with Crippen molar-refractivity contribution in [3.63, 3.8) is 0 Å². The molecule has 5 heavy (non-hydrogen) atoms. The zero-order valence-electron chi connectivity index (χ0n) is 2.97. The fourth-order valence-electron chi connectivity index (χ4n) is 0. The standard InChI is InChI=1S/C2H6S2.H2S/c1-2(3)4;/h2-4H,1H3;1H2. The summed E-state index contributed by atoms with van der Waals surface area (Å²) in [6, 6.07) is 0. The molecule has 3 heteroatoms. The first kappa shape index (κ1) is 9.41. The zero-order chi connectivity index (χ0) is 3.58. The average molecular weight is 128 g/mol. The molecule has 0 atom stereocenters. The van der Waals surface area contributed by atoms with Crippen LogP contribution in [0.15, 0.2) is 0 Å². The second-order valence-electron chi connectivity index (χ2n) is 0.632. The summed E-state index contributed by atoms with van der Waals surface area (Å²) in [4.78, 5) is 0. The van der Waals surface area contributed by atoms with E-state index in [4.69, 9.17) is 0 Å². The van der Waals surface area contributed by atoms with Crippen molar-refractivity contribution >= 4 is 38.8 Å². The van der Waals surface area contributed by atoms with E-state index in [0.717, 1.165) is 0 Å². The van der Waals surface area contributed by atoms with Gasteiger partial charge in [-0.2, -0.15) is 38.8 Å². The predicted octanol–water partition coefficient (Wildman–Crippen LogP) is 1.30. The number of hydrogen-bond acceptors (Lipinski definition) is 2. The molecule has 0 N–H and O–H groups in total. The van der Waals surface area contributed by atoms with Gasteiger partial charge >= 0.3 is 0 Å². The first-order valence-corrected chi connectivity index (χ1v) is 2.13. The third-order valence-corrected chi connectivity index (χ3v) is 0. The topological polar surface area (TPSA) is 0 Å². The summed E-state index contributed by atoms with van der Waals surface area (Å²) in [6.45, 7) is 1.90. The van der Waals surface area contributed by atoms with Gasteiger partial charge in [0.15, 0.2) is 0 Å². The Kier molecular flexibility index (Phi) is 9.50. The van der Waals surface area contributed by atoms with Crippen LogP contribution in [0.5, 0.6) is 0 Å². The van der Waals surface area contributed by atoms with Crippen molar-refractivity contribution < 1.29 is 0 Å².